The maximum Gasteiger partial charge on any atom is 0.257 e. The normalized spacial score (nSPS) is 11.4. The quantitative estimate of drug-likeness (QED) is 0.685. The zero-order valence-corrected chi connectivity index (χ0v) is 16.9. The molecule has 0 bridgehead atoms. The highest BCUT2D eigenvalue weighted by molar-refractivity contribution is 7.91. The molecule has 7 heteroatoms. The standard InChI is InChI=1S/C20H20N2O3S2/c1-4-27(24,25)17-9-7-15(8-10-17)19(23)22-20-21-18(12-26-20)16-6-5-13(2)14(3)11-16/h5-12H,4H2,1-3H3,(H,21,22,23). The molecule has 0 aliphatic carbocycles. The number of carbonyl (C=O) groups excluding carboxylic acids is 1. The summed E-state index contributed by atoms with van der Waals surface area (Å²) in [6.45, 7) is 5.70. The molecule has 5 nitrogen and oxygen atoms in total. The average molecular weight is 401 g/mol. The highest BCUT2D eigenvalue weighted by Gasteiger charge is 2.14. The number of benzene rings is 2. The van der Waals surface area contributed by atoms with Crippen molar-refractivity contribution in [3.05, 3.63) is 64.5 Å². The Hall–Kier alpha value is -2.51. The van der Waals surface area contributed by atoms with Crippen molar-refractivity contribution in [3.8, 4) is 11.3 Å². The van der Waals surface area contributed by atoms with Crippen molar-refractivity contribution in [2.24, 2.45) is 0 Å². The van der Waals surface area contributed by atoms with E-state index in [1.54, 1.807) is 6.92 Å². The fourth-order valence-corrected chi connectivity index (χ4v) is 4.11. The van der Waals surface area contributed by atoms with Crippen LogP contribution in [0.25, 0.3) is 11.3 Å². The van der Waals surface area contributed by atoms with Crippen molar-refractivity contribution in [2.45, 2.75) is 25.7 Å². The summed E-state index contributed by atoms with van der Waals surface area (Å²) < 4.78 is 23.7. The number of carbonyl (C=O) groups is 1. The molecule has 0 atom stereocenters. The smallest absolute Gasteiger partial charge is 0.257 e. The van der Waals surface area contributed by atoms with Crippen LogP contribution in [0.1, 0.15) is 28.4 Å². The molecule has 1 amide bonds. The first-order chi connectivity index (χ1) is 12.8. The molecule has 1 heterocycles. The van der Waals surface area contributed by atoms with Crippen molar-refractivity contribution in [1.29, 1.82) is 0 Å². The van der Waals surface area contributed by atoms with Gasteiger partial charge in [-0.25, -0.2) is 13.4 Å². The van der Waals surface area contributed by atoms with Gasteiger partial charge in [-0.3, -0.25) is 10.1 Å². The summed E-state index contributed by atoms with van der Waals surface area (Å²) in [5.74, 6) is -0.296. The number of anilines is 1. The summed E-state index contributed by atoms with van der Waals surface area (Å²) in [7, 11) is -3.28. The van der Waals surface area contributed by atoms with E-state index in [1.165, 1.54) is 46.7 Å². The van der Waals surface area contributed by atoms with E-state index < -0.39 is 9.84 Å². The summed E-state index contributed by atoms with van der Waals surface area (Å²) >= 11 is 1.35. The second-order valence-electron chi connectivity index (χ2n) is 6.22. The molecule has 1 aromatic heterocycles. The number of hydrogen-bond donors (Lipinski definition) is 1. The van der Waals surface area contributed by atoms with Crippen molar-refractivity contribution >= 4 is 32.2 Å². The molecular weight excluding hydrogens is 380 g/mol. The fourth-order valence-electron chi connectivity index (χ4n) is 2.51. The molecule has 27 heavy (non-hydrogen) atoms. The molecule has 0 fully saturated rings. The minimum absolute atomic E-state index is 0.0267. The Balaban J connectivity index is 1.75. The topological polar surface area (TPSA) is 76.1 Å². The number of aryl methyl sites for hydroxylation is 2. The van der Waals surface area contributed by atoms with Crippen LogP contribution in [-0.2, 0) is 9.84 Å². The van der Waals surface area contributed by atoms with Crippen LogP contribution in [0.3, 0.4) is 0 Å². The molecule has 0 saturated carbocycles. The molecular formula is C20H20N2O3S2. The molecule has 140 valence electrons. The third-order valence-electron chi connectivity index (χ3n) is 4.38. The van der Waals surface area contributed by atoms with Crippen LogP contribution in [0.5, 0.6) is 0 Å². The molecule has 2 aromatic carbocycles. The maximum atomic E-state index is 12.4. The Kier molecular flexibility index (Phi) is 5.43. The minimum atomic E-state index is -3.28. The minimum Gasteiger partial charge on any atom is -0.298 e. The lowest BCUT2D eigenvalue weighted by Crippen LogP contribution is -2.12. The SMILES string of the molecule is CCS(=O)(=O)c1ccc(C(=O)Nc2nc(-c3ccc(C)c(C)c3)cs2)cc1. The first-order valence-electron chi connectivity index (χ1n) is 8.47. The Morgan fingerprint density at radius 1 is 1.07 bits per heavy atom. The van der Waals surface area contributed by atoms with Gasteiger partial charge >= 0.3 is 0 Å². The van der Waals surface area contributed by atoms with Crippen LogP contribution in [0, 0.1) is 13.8 Å². The van der Waals surface area contributed by atoms with E-state index in [2.05, 4.69) is 30.2 Å². The predicted octanol–water partition coefficient (Wildman–Crippen LogP) is 4.47. The third kappa shape index (κ3) is 4.26. The summed E-state index contributed by atoms with van der Waals surface area (Å²) in [6.07, 6.45) is 0. The number of nitrogens with zero attached hydrogens (tertiary/aromatic N) is 1. The number of hydrogen-bond acceptors (Lipinski definition) is 5. The zero-order chi connectivity index (χ0) is 19.6. The monoisotopic (exact) mass is 400 g/mol. The van der Waals surface area contributed by atoms with Crippen molar-refractivity contribution in [2.75, 3.05) is 11.1 Å². The van der Waals surface area contributed by atoms with E-state index in [0.29, 0.717) is 10.7 Å². The summed E-state index contributed by atoms with van der Waals surface area (Å²) in [5.41, 5.74) is 4.60. The van der Waals surface area contributed by atoms with Crippen molar-refractivity contribution in [1.82, 2.24) is 4.98 Å². The number of amides is 1. The highest BCUT2D eigenvalue weighted by Crippen LogP contribution is 2.26. The number of rotatable bonds is 5. The second-order valence-corrected chi connectivity index (χ2v) is 9.36. The first kappa shape index (κ1) is 19.3. The second kappa shape index (κ2) is 7.62. The van der Waals surface area contributed by atoms with Gasteiger partial charge in [0.1, 0.15) is 0 Å². The average Bonchev–Trinajstić information content (AvgIpc) is 3.12. The van der Waals surface area contributed by atoms with Crippen LogP contribution in [0.15, 0.2) is 52.7 Å². The van der Waals surface area contributed by atoms with Crippen molar-refractivity contribution in [3.63, 3.8) is 0 Å². The fraction of sp³-hybridized carbons (Fsp3) is 0.200. The van der Waals surface area contributed by atoms with Gasteiger partial charge in [0.05, 0.1) is 16.3 Å². The Bertz CT molecular complexity index is 1080. The molecule has 0 aliphatic heterocycles. The van der Waals surface area contributed by atoms with E-state index in [-0.39, 0.29) is 16.6 Å². The van der Waals surface area contributed by atoms with E-state index in [9.17, 15) is 13.2 Å². The van der Waals surface area contributed by atoms with Crippen LogP contribution in [0.2, 0.25) is 0 Å². The lowest BCUT2D eigenvalue weighted by Gasteiger charge is -2.04. The number of sulfone groups is 1. The summed E-state index contributed by atoms with van der Waals surface area (Å²) in [5, 5.41) is 5.16. The van der Waals surface area contributed by atoms with Crippen LogP contribution in [0.4, 0.5) is 5.13 Å². The van der Waals surface area contributed by atoms with Crippen LogP contribution in [-0.4, -0.2) is 25.1 Å². The molecule has 0 saturated heterocycles. The van der Waals surface area contributed by atoms with Gasteiger partial charge in [0.25, 0.3) is 5.91 Å². The molecule has 0 spiro atoms. The number of thiazole rings is 1. The Morgan fingerprint density at radius 2 is 1.78 bits per heavy atom. The van der Waals surface area contributed by atoms with Crippen LogP contribution >= 0.6 is 11.3 Å². The van der Waals surface area contributed by atoms with E-state index in [4.69, 9.17) is 0 Å². The molecule has 3 aromatic rings. The Morgan fingerprint density at radius 3 is 2.41 bits per heavy atom. The molecule has 0 radical (unpaired) electrons. The van der Waals surface area contributed by atoms with E-state index >= 15 is 0 Å². The van der Waals surface area contributed by atoms with Gasteiger partial charge in [-0.1, -0.05) is 19.1 Å². The third-order valence-corrected chi connectivity index (χ3v) is 6.89. The van der Waals surface area contributed by atoms with Gasteiger partial charge in [0.15, 0.2) is 15.0 Å². The molecule has 0 unspecified atom stereocenters. The van der Waals surface area contributed by atoms with E-state index in [0.717, 1.165) is 11.3 Å². The van der Waals surface area contributed by atoms with Crippen LogP contribution < -0.4 is 5.32 Å². The largest absolute Gasteiger partial charge is 0.298 e. The van der Waals surface area contributed by atoms with Gasteiger partial charge in [-0.05, 0) is 55.3 Å². The number of aromatic nitrogens is 1. The molecule has 3 rings (SSSR count). The van der Waals surface area contributed by atoms with Gasteiger partial charge in [0.2, 0.25) is 0 Å². The maximum absolute atomic E-state index is 12.4. The first-order valence-corrected chi connectivity index (χ1v) is 11.0. The molecule has 0 aliphatic rings. The highest BCUT2D eigenvalue weighted by atomic mass is 32.2. The van der Waals surface area contributed by atoms with Gasteiger partial charge in [0, 0.05) is 16.5 Å². The predicted molar refractivity (Wildman–Crippen MR) is 109 cm³/mol. The summed E-state index contributed by atoms with van der Waals surface area (Å²) in [6, 6.07) is 12.1. The van der Waals surface area contributed by atoms with Gasteiger partial charge in [-0.15, -0.1) is 11.3 Å². The number of nitrogens with one attached hydrogen (secondary N) is 1. The van der Waals surface area contributed by atoms with Gasteiger partial charge < -0.3 is 0 Å². The zero-order valence-electron chi connectivity index (χ0n) is 15.3. The van der Waals surface area contributed by atoms with Gasteiger partial charge in [-0.2, -0.15) is 0 Å². The Labute approximate surface area is 163 Å². The summed E-state index contributed by atoms with van der Waals surface area (Å²) in [4.78, 5) is 17.1. The van der Waals surface area contributed by atoms with Crippen molar-refractivity contribution < 1.29 is 13.2 Å². The molecule has 1 N–H and O–H groups in total. The lowest BCUT2D eigenvalue weighted by molar-refractivity contribution is 0.102. The van der Waals surface area contributed by atoms with E-state index in [1.807, 2.05) is 17.5 Å². The lowest BCUT2D eigenvalue weighted by atomic mass is 10.1.